The number of rotatable bonds is 1. The van der Waals surface area contributed by atoms with Gasteiger partial charge in [-0.05, 0) is 40.9 Å². The molecule has 2 unspecified atom stereocenters. The third-order valence-corrected chi connectivity index (χ3v) is 8.17. The smallest absolute Gasteiger partial charge is 0.0349 e. The van der Waals surface area contributed by atoms with Crippen molar-refractivity contribution in [3.8, 4) is 0 Å². The van der Waals surface area contributed by atoms with E-state index < -0.39 is 0 Å². The number of benzene rings is 1. The van der Waals surface area contributed by atoms with Gasteiger partial charge in [0.2, 0.25) is 0 Å². The Kier molecular flexibility index (Phi) is 2.77. The molecule has 0 bridgehead atoms. The summed E-state index contributed by atoms with van der Waals surface area (Å²) in [5.74, 6) is 0. The SMILES string of the molecule is CC1CC[C@H](C)P1c1csc2ccccc12. The minimum Gasteiger partial charge on any atom is -0.143 e. The molecule has 84 valence electrons. The van der Waals surface area contributed by atoms with E-state index in [9.17, 15) is 0 Å². The Hall–Kier alpha value is -0.390. The summed E-state index contributed by atoms with van der Waals surface area (Å²) in [7, 11) is 0.0850. The molecule has 0 nitrogen and oxygen atoms in total. The Morgan fingerprint density at radius 1 is 1.12 bits per heavy atom. The third-order valence-electron chi connectivity index (χ3n) is 3.69. The van der Waals surface area contributed by atoms with Gasteiger partial charge in [-0.1, -0.05) is 40.0 Å². The van der Waals surface area contributed by atoms with Crippen molar-refractivity contribution in [2.75, 3.05) is 0 Å². The van der Waals surface area contributed by atoms with Gasteiger partial charge < -0.3 is 0 Å². The minimum atomic E-state index is 0.0850. The molecule has 0 spiro atoms. The number of thiophene rings is 1. The Balaban J connectivity index is 2.11. The first kappa shape index (κ1) is 10.7. The molecule has 1 aliphatic heterocycles. The Morgan fingerprint density at radius 2 is 1.81 bits per heavy atom. The molecule has 1 saturated heterocycles. The van der Waals surface area contributed by atoms with E-state index >= 15 is 0 Å². The summed E-state index contributed by atoms with van der Waals surface area (Å²) in [5.41, 5.74) is 1.84. The lowest BCUT2D eigenvalue weighted by Crippen LogP contribution is -2.09. The van der Waals surface area contributed by atoms with Gasteiger partial charge in [0.05, 0.1) is 0 Å². The first-order chi connectivity index (χ1) is 7.77. The first-order valence-corrected chi connectivity index (χ1v) is 8.38. The maximum absolute atomic E-state index is 2.45. The van der Waals surface area contributed by atoms with Crippen molar-refractivity contribution >= 4 is 34.6 Å². The zero-order valence-corrected chi connectivity index (χ0v) is 11.5. The molecule has 1 fully saturated rings. The van der Waals surface area contributed by atoms with Crippen LogP contribution in [0.15, 0.2) is 29.6 Å². The van der Waals surface area contributed by atoms with Gasteiger partial charge in [-0.15, -0.1) is 11.3 Å². The fraction of sp³-hybridized carbons (Fsp3) is 0.429. The molecule has 2 heteroatoms. The van der Waals surface area contributed by atoms with Crippen LogP contribution in [0.1, 0.15) is 26.7 Å². The van der Waals surface area contributed by atoms with Gasteiger partial charge in [0, 0.05) is 10.1 Å². The van der Waals surface area contributed by atoms with Crippen LogP contribution in [0.4, 0.5) is 0 Å². The van der Waals surface area contributed by atoms with E-state index in [1.165, 1.54) is 22.9 Å². The van der Waals surface area contributed by atoms with Crippen molar-refractivity contribution in [2.24, 2.45) is 0 Å². The highest BCUT2D eigenvalue weighted by Gasteiger charge is 2.32. The van der Waals surface area contributed by atoms with Crippen LogP contribution in [0.2, 0.25) is 0 Å². The van der Waals surface area contributed by atoms with Crippen molar-refractivity contribution in [2.45, 2.75) is 38.0 Å². The largest absolute Gasteiger partial charge is 0.143 e. The summed E-state index contributed by atoms with van der Waals surface area (Å²) >= 11 is 1.92. The molecule has 0 N–H and O–H groups in total. The first-order valence-electron chi connectivity index (χ1n) is 6.02. The molecular formula is C14H17PS. The third kappa shape index (κ3) is 1.61. The second-order valence-electron chi connectivity index (χ2n) is 4.80. The molecule has 1 aromatic carbocycles. The lowest BCUT2D eigenvalue weighted by molar-refractivity contribution is 0.777. The van der Waals surface area contributed by atoms with Crippen molar-refractivity contribution in [3.05, 3.63) is 29.6 Å². The average Bonchev–Trinajstić information content (AvgIpc) is 2.83. The van der Waals surface area contributed by atoms with Gasteiger partial charge in [-0.25, -0.2) is 0 Å². The monoisotopic (exact) mass is 248 g/mol. The summed E-state index contributed by atoms with van der Waals surface area (Å²) in [4.78, 5) is 0. The Labute approximate surface area is 102 Å². The van der Waals surface area contributed by atoms with Crippen molar-refractivity contribution in [3.63, 3.8) is 0 Å². The summed E-state index contributed by atoms with van der Waals surface area (Å²) < 4.78 is 1.46. The second kappa shape index (κ2) is 4.13. The molecule has 0 aliphatic carbocycles. The van der Waals surface area contributed by atoms with Crippen LogP contribution in [0.3, 0.4) is 0 Å². The minimum absolute atomic E-state index is 0.0850. The molecule has 1 aromatic heterocycles. The highest BCUT2D eigenvalue weighted by molar-refractivity contribution is 7.68. The Morgan fingerprint density at radius 3 is 2.56 bits per heavy atom. The molecule has 0 radical (unpaired) electrons. The molecule has 3 rings (SSSR count). The standard InChI is InChI=1S/C14H17PS/c1-10-7-8-11(2)15(10)13-9-16-14-6-4-3-5-12(13)14/h3-6,9-11H,7-8H2,1-2H3/t10-,11?,15?/m0/s1. The van der Waals surface area contributed by atoms with Crippen molar-refractivity contribution in [1.29, 1.82) is 0 Å². The van der Waals surface area contributed by atoms with Crippen LogP contribution in [-0.4, -0.2) is 11.3 Å². The van der Waals surface area contributed by atoms with Crippen LogP contribution in [0.25, 0.3) is 10.1 Å². The Bertz CT molecular complexity index is 492. The molecule has 16 heavy (non-hydrogen) atoms. The quantitative estimate of drug-likeness (QED) is 0.648. The van der Waals surface area contributed by atoms with E-state index in [-0.39, 0.29) is 7.92 Å². The van der Waals surface area contributed by atoms with Crippen molar-refractivity contribution < 1.29 is 0 Å². The predicted molar refractivity (Wildman–Crippen MR) is 76.5 cm³/mol. The van der Waals surface area contributed by atoms with E-state index in [0.717, 1.165) is 11.3 Å². The lowest BCUT2D eigenvalue weighted by atomic mass is 10.2. The van der Waals surface area contributed by atoms with Gasteiger partial charge in [-0.3, -0.25) is 0 Å². The topological polar surface area (TPSA) is 0 Å². The fourth-order valence-electron chi connectivity index (χ4n) is 2.83. The second-order valence-corrected chi connectivity index (χ2v) is 8.77. The van der Waals surface area contributed by atoms with Crippen LogP contribution in [0.5, 0.6) is 0 Å². The number of fused-ring (bicyclic) bond motifs is 1. The molecule has 0 saturated carbocycles. The molecule has 1 aliphatic rings. The normalized spacial score (nSPS) is 30.0. The summed E-state index contributed by atoms with van der Waals surface area (Å²) in [5, 5.41) is 5.63. The van der Waals surface area contributed by atoms with Crippen molar-refractivity contribution in [1.82, 2.24) is 0 Å². The number of hydrogen-bond donors (Lipinski definition) is 0. The van der Waals surface area contributed by atoms with E-state index in [2.05, 4.69) is 43.5 Å². The zero-order chi connectivity index (χ0) is 11.1. The highest BCUT2D eigenvalue weighted by Crippen LogP contribution is 2.55. The maximum atomic E-state index is 2.45. The zero-order valence-electron chi connectivity index (χ0n) is 9.81. The van der Waals surface area contributed by atoms with Gasteiger partial charge >= 0.3 is 0 Å². The van der Waals surface area contributed by atoms with E-state index in [4.69, 9.17) is 0 Å². The van der Waals surface area contributed by atoms with Crippen LogP contribution in [0, 0.1) is 0 Å². The maximum Gasteiger partial charge on any atom is 0.0349 e. The van der Waals surface area contributed by atoms with E-state index in [0.29, 0.717) is 0 Å². The number of hydrogen-bond acceptors (Lipinski definition) is 1. The van der Waals surface area contributed by atoms with Gasteiger partial charge in [0.1, 0.15) is 0 Å². The lowest BCUT2D eigenvalue weighted by Gasteiger charge is -2.20. The molecule has 2 heterocycles. The highest BCUT2D eigenvalue weighted by atomic mass is 32.1. The van der Waals surface area contributed by atoms with Crippen LogP contribution < -0.4 is 5.30 Å². The van der Waals surface area contributed by atoms with Crippen LogP contribution in [-0.2, 0) is 0 Å². The summed E-state index contributed by atoms with van der Waals surface area (Å²) in [6, 6.07) is 8.89. The fourth-order valence-corrected chi connectivity index (χ4v) is 7.53. The van der Waals surface area contributed by atoms with E-state index in [1.54, 1.807) is 5.30 Å². The average molecular weight is 248 g/mol. The van der Waals surface area contributed by atoms with Gasteiger partial charge in [-0.2, -0.15) is 0 Å². The summed E-state index contributed by atoms with van der Waals surface area (Å²) in [6.07, 6.45) is 2.86. The summed E-state index contributed by atoms with van der Waals surface area (Å²) in [6.45, 7) is 4.89. The molecule has 2 aromatic rings. The molecular weight excluding hydrogens is 231 g/mol. The molecule has 0 amide bonds. The van der Waals surface area contributed by atoms with Gasteiger partial charge in [0.15, 0.2) is 0 Å². The van der Waals surface area contributed by atoms with Gasteiger partial charge in [0.25, 0.3) is 0 Å². The predicted octanol–water partition coefficient (Wildman–Crippen LogP) is 4.58. The van der Waals surface area contributed by atoms with E-state index in [1.807, 2.05) is 11.3 Å². The molecule has 3 atom stereocenters. The van der Waals surface area contributed by atoms with Crippen LogP contribution >= 0.6 is 19.3 Å².